The molecule has 0 spiro atoms. The Labute approximate surface area is 124 Å². The van der Waals surface area contributed by atoms with Gasteiger partial charge in [-0.2, -0.15) is 11.8 Å². The first-order valence-electron chi connectivity index (χ1n) is 7.13. The molecule has 2 heterocycles. The minimum Gasteiger partial charge on any atom is -0.388 e. The lowest BCUT2D eigenvalue weighted by Gasteiger charge is -2.46. The Bertz CT molecular complexity index is 634. The molecule has 1 atom stereocenters. The Morgan fingerprint density at radius 1 is 1.35 bits per heavy atom. The van der Waals surface area contributed by atoms with Gasteiger partial charge in [-0.1, -0.05) is 26.0 Å². The number of hydrogen-bond acceptors (Lipinski definition) is 3. The summed E-state index contributed by atoms with van der Waals surface area (Å²) in [7, 11) is 2.04. The second kappa shape index (κ2) is 4.78. The van der Waals surface area contributed by atoms with Gasteiger partial charge in [0, 0.05) is 19.2 Å². The van der Waals surface area contributed by atoms with E-state index in [0.717, 1.165) is 34.8 Å². The molecule has 1 N–H and O–H groups in total. The van der Waals surface area contributed by atoms with Crippen molar-refractivity contribution in [1.82, 2.24) is 9.55 Å². The van der Waals surface area contributed by atoms with E-state index in [1.54, 1.807) is 0 Å². The normalized spacial score (nSPS) is 26.0. The predicted molar refractivity (Wildman–Crippen MR) is 85.1 cm³/mol. The number of aryl methyl sites for hydroxylation is 1. The van der Waals surface area contributed by atoms with Crippen molar-refractivity contribution >= 4 is 22.8 Å². The molecule has 4 heteroatoms. The van der Waals surface area contributed by atoms with Crippen molar-refractivity contribution in [3.63, 3.8) is 0 Å². The van der Waals surface area contributed by atoms with E-state index < -0.39 is 5.60 Å². The molecule has 0 amide bonds. The van der Waals surface area contributed by atoms with Crippen molar-refractivity contribution in [2.24, 2.45) is 12.5 Å². The molecule has 1 fully saturated rings. The van der Waals surface area contributed by atoms with Crippen LogP contribution in [0.1, 0.15) is 26.1 Å². The summed E-state index contributed by atoms with van der Waals surface area (Å²) in [6.07, 6.45) is 1.68. The molecule has 1 aliphatic heterocycles. The van der Waals surface area contributed by atoms with E-state index >= 15 is 0 Å². The number of aliphatic hydroxyl groups is 1. The van der Waals surface area contributed by atoms with E-state index in [0.29, 0.717) is 6.42 Å². The zero-order valence-electron chi connectivity index (χ0n) is 12.4. The lowest BCUT2D eigenvalue weighted by molar-refractivity contribution is -0.0530. The Kier molecular flexibility index (Phi) is 3.33. The molecule has 20 heavy (non-hydrogen) atoms. The Hall–Kier alpha value is -1.00. The molecule has 1 aromatic heterocycles. The average Bonchev–Trinajstić information content (AvgIpc) is 2.71. The second-order valence-corrected chi connectivity index (χ2v) is 7.58. The van der Waals surface area contributed by atoms with Crippen LogP contribution in [0, 0.1) is 5.41 Å². The molecular weight excluding hydrogens is 268 g/mol. The van der Waals surface area contributed by atoms with Gasteiger partial charge in [-0.15, -0.1) is 0 Å². The van der Waals surface area contributed by atoms with Gasteiger partial charge in [0.15, 0.2) is 0 Å². The minimum atomic E-state index is -0.676. The Morgan fingerprint density at radius 3 is 2.80 bits per heavy atom. The van der Waals surface area contributed by atoms with Gasteiger partial charge in [-0.05, 0) is 29.7 Å². The summed E-state index contributed by atoms with van der Waals surface area (Å²) in [6, 6.07) is 8.15. The summed E-state index contributed by atoms with van der Waals surface area (Å²) in [5.74, 6) is 2.91. The summed E-state index contributed by atoms with van der Waals surface area (Å²) in [4.78, 5) is 4.71. The van der Waals surface area contributed by atoms with Crippen LogP contribution in [0.15, 0.2) is 24.3 Å². The smallest absolute Gasteiger partial charge is 0.112 e. The number of fused-ring (bicyclic) bond motifs is 1. The largest absolute Gasteiger partial charge is 0.388 e. The molecule has 0 aliphatic carbocycles. The van der Waals surface area contributed by atoms with Crippen LogP contribution >= 0.6 is 11.8 Å². The van der Waals surface area contributed by atoms with Crippen LogP contribution in [0.3, 0.4) is 0 Å². The lowest BCUT2D eigenvalue weighted by atomic mass is 9.71. The summed E-state index contributed by atoms with van der Waals surface area (Å²) in [5, 5.41) is 11.1. The molecule has 3 nitrogen and oxygen atoms in total. The molecule has 0 radical (unpaired) electrons. The van der Waals surface area contributed by atoms with Crippen molar-refractivity contribution in [3.8, 4) is 0 Å². The molecule has 1 aromatic carbocycles. The highest BCUT2D eigenvalue weighted by molar-refractivity contribution is 7.99. The molecule has 2 aromatic rings. The van der Waals surface area contributed by atoms with Crippen molar-refractivity contribution in [3.05, 3.63) is 30.1 Å². The number of imidazole rings is 1. The van der Waals surface area contributed by atoms with E-state index in [-0.39, 0.29) is 5.41 Å². The second-order valence-electron chi connectivity index (χ2n) is 6.47. The fourth-order valence-electron chi connectivity index (χ4n) is 2.90. The average molecular weight is 290 g/mol. The van der Waals surface area contributed by atoms with Crippen molar-refractivity contribution in [2.75, 3.05) is 11.5 Å². The van der Waals surface area contributed by atoms with Gasteiger partial charge in [-0.3, -0.25) is 0 Å². The molecule has 1 aliphatic rings. The number of nitrogens with zero attached hydrogens (tertiary/aromatic N) is 2. The highest BCUT2D eigenvalue weighted by Gasteiger charge is 2.46. The van der Waals surface area contributed by atoms with Crippen LogP contribution in [-0.2, 0) is 13.5 Å². The summed E-state index contributed by atoms with van der Waals surface area (Å²) >= 11 is 1.85. The predicted octanol–water partition coefficient (Wildman–Crippen LogP) is 3.01. The van der Waals surface area contributed by atoms with Crippen LogP contribution in [-0.4, -0.2) is 31.8 Å². The molecule has 0 saturated carbocycles. The SMILES string of the molecule is Cn1c(CC2(O)CSCCC2(C)C)nc2ccccc21. The molecule has 1 unspecified atom stereocenters. The first-order chi connectivity index (χ1) is 9.43. The third kappa shape index (κ3) is 2.15. The summed E-state index contributed by atoms with van der Waals surface area (Å²) in [5.41, 5.74) is 1.41. The number of aromatic nitrogens is 2. The highest BCUT2D eigenvalue weighted by atomic mass is 32.2. The number of benzene rings is 1. The van der Waals surface area contributed by atoms with Crippen LogP contribution in [0.4, 0.5) is 0 Å². The quantitative estimate of drug-likeness (QED) is 0.924. The fourth-order valence-corrected chi connectivity index (χ4v) is 4.53. The van der Waals surface area contributed by atoms with Crippen LogP contribution < -0.4 is 0 Å². The first-order valence-corrected chi connectivity index (χ1v) is 8.29. The fraction of sp³-hybridized carbons (Fsp3) is 0.562. The number of hydrogen-bond donors (Lipinski definition) is 1. The van der Waals surface area contributed by atoms with Gasteiger partial charge in [0.25, 0.3) is 0 Å². The Morgan fingerprint density at radius 2 is 2.10 bits per heavy atom. The third-order valence-electron chi connectivity index (χ3n) is 4.80. The van der Waals surface area contributed by atoms with Gasteiger partial charge in [0.2, 0.25) is 0 Å². The van der Waals surface area contributed by atoms with Gasteiger partial charge in [0.05, 0.1) is 16.6 Å². The van der Waals surface area contributed by atoms with Gasteiger partial charge in [0.1, 0.15) is 5.82 Å². The van der Waals surface area contributed by atoms with E-state index in [2.05, 4.69) is 24.5 Å². The maximum atomic E-state index is 11.1. The number of para-hydroxylation sites is 2. The van der Waals surface area contributed by atoms with E-state index in [1.807, 2.05) is 37.0 Å². The van der Waals surface area contributed by atoms with Crippen LogP contribution in [0.5, 0.6) is 0 Å². The van der Waals surface area contributed by atoms with E-state index in [9.17, 15) is 5.11 Å². The van der Waals surface area contributed by atoms with Crippen molar-refractivity contribution in [2.45, 2.75) is 32.3 Å². The number of thioether (sulfide) groups is 1. The molecule has 0 bridgehead atoms. The zero-order valence-corrected chi connectivity index (χ0v) is 13.2. The first kappa shape index (κ1) is 14.0. The van der Waals surface area contributed by atoms with Crippen LogP contribution in [0.2, 0.25) is 0 Å². The standard InChI is InChI=1S/C16H22N2OS/c1-15(2)8-9-20-11-16(15,19)10-14-17-12-6-4-5-7-13(12)18(14)3/h4-7,19H,8-11H2,1-3H3. The summed E-state index contributed by atoms with van der Waals surface area (Å²) < 4.78 is 2.11. The minimum absolute atomic E-state index is 0.0591. The molecular formula is C16H22N2OS. The van der Waals surface area contributed by atoms with Crippen molar-refractivity contribution in [1.29, 1.82) is 0 Å². The molecule has 1 saturated heterocycles. The zero-order chi connectivity index (χ0) is 14.4. The number of rotatable bonds is 2. The van der Waals surface area contributed by atoms with Gasteiger partial charge >= 0.3 is 0 Å². The highest BCUT2D eigenvalue weighted by Crippen LogP contribution is 2.44. The van der Waals surface area contributed by atoms with Gasteiger partial charge < -0.3 is 9.67 Å². The van der Waals surface area contributed by atoms with E-state index in [4.69, 9.17) is 4.98 Å². The molecule has 3 rings (SSSR count). The third-order valence-corrected chi connectivity index (χ3v) is 5.98. The molecule has 108 valence electrons. The van der Waals surface area contributed by atoms with Gasteiger partial charge in [-0.25, -0.2) is 4.98 Å². The Balaban J connectivity index is 1.98. The summed E-state index contributed by atoms with van der Waals surface area (Å²) in [6.45, 7) is 4.35. The van der Waals surface area contributed by atoms with Crippen molar-refractivity contribution < 1.29 is 5.11 Å². The maximum Gasteiger partial charge on any atom is 0.112 e. The maximum absolute atomic E-state index is 11.1. The lowest BCUT2D eigenvalue weighted by Crippen LogP contribution is -2.51. The topological polar surface area (TPSA) is 38.0 Å². The van der Waals surface area contributed by atoms with E-state index in [1.165, 1.54) is 0 Å². The van der Waals surface area contributed by atoms with Crippen LogP contribution in [0.25, 0.3) is 11.0 Å². The monoisotopic (exact) mass is 290 g/mol.